The molecule has 0 bridgehead atoms. The lowest BCUT2D eigenvalue weighted by molar-refractivity contribution is -0.118. The SMILES string of the molecule is Cn1c(SCC(=O)NCc2ccccc2CN2CCOCC2)nnc1-c1cccs1. The maximum atomic E-state index is 12.4. The third-order valence-electron chi connectivity index (χ3n) is 5.00. The van der Waals surface area contributed by atoms with Crippen LogP contribution in [-0.4, -0.2) is 57.6 Å². The van der Waals surface area contributed by atoms with Crippen LogP contribution in [-0.2, 0) is 29.7 Å². The van der Waals surface area contributed by atoms with Crippen LogP contribution in [0, 0.1) is 0 Å². The molecule has 0 atom stereocenters. The maximum Gasteiger partial charge on any atom is 0.230 e. The fraction of sp³-hybridized carbons (Fsp3) is 0.381. The molecule has 3 aromatic rings. The Morgan fingerprint density at radius 3 is 2.73 bits per heavy atom. The highest BCUT2D eigenvalue weighted by atomic mass is 32.2. The molecule has 158 valence electrons. The van der Waals surface area contributed by atoms with Crippen molar-refractivity contribution in [2.45, 2.75) is 18.2 Å². The number of ether oxygens (including phenoxy) is 1. The van der Waals surface area contributed by atoms with Crippen LogP contribution >= 0.6 is 23.1 Å². The van der Waals surface area contributed by atoms with Crippen molar-refractivity contribution >= 4 is 29.0 Å². The van der Waals surface area contributed by atoms with Crippen LogP contribution in [0.15, 0.2) is 46.9 Å². The first-order chi connectivity index (χ1) is 14.7. The van der Waals surface area contributed by atoms with E-state index in [-0.39, 0.29) is 5.91 Å². The third kappa shape index (κ3) is 5.28. The standard InChI is InChI=1S/C21H25N5O2S2/c1-25-20(18-7-4-12-29-18)23-24-21(25)30-15-19(27)22-13-16-5-2-3-6-17(16)14-26-8-10-28-11-9-26/h2-7,12H,8-11,13-15H2,1H3,(H,22,27). The molecule has 2 aromatic heterocycles. The molecule has 0 unspecified atom stereocenters. The lowest BCUT2D eigenvalue weighted by atomic mass is 10.1. The number of rotatable bonds is 8. The van der Waals surface area contributed by atoms with Crippen molar-refractivity contribution in [1.29, 1.82) is 0 Å². The molecule has 0 radical (unpaired) electrons. The summed E-state index contributed by atoms with van der Waals surface area (Å²) in [5, 5.41) is 14.3. The minimum Gasteiger partial charge on any atom is -0.379 e. The molecule has 0 aliphatic carbocycles. The second kappa shape index (κ2) is 10.2. The Morgan fingerprint density at radius 1 is 1.17 bits per heavy atom. The topological polar surface area (TPSA) is 72.3 Å². The van der Waals surface area contributed by atoms with Crippen LogP contribution in [0.2, 0.25) is 0 Å². The highest BCUT2D eigenvalue weighted by Crippen LogP contribution is 2.25. The summed E-state index contributed by atoms with van der Waals surface area (Å²) in [5.74, 6) is 1.12. The zero-order valence-electron chi connectivity index (χ0n) is 16.9. The first-order valence-electron chi connectivity index (χ1n) is 9.90. The van der Waals surface area contributed by atoms with E-state index in [0.29, 0.717) is 12.3 Å². The van der Waals surface area contributed by atoms with Crippen molar-refractivity contribution in [3.8, 4) is 10.7 Å². The van der Waals surface area contributed by atoms with Crippen LogP contribution < -0.4 is 5.32 Å². The number of nitrogens with one attached hydrogen (secondary N) is 1. The molecule has 3 heterocycles. The Hall–Kier alpha value is -2.20. The molecule has 4 rings (SSSR count). The number of thioether (sulfide) groups is 1. The minimum absolute atomic E-state index is 0.0122. The summed E-state index contributed by atoms with van der Waals surface area (Å²) in [4.78, 5) is 15.9. The molecule has 1 aliphatic rings. The number of carbonyl (C=O) groups is 1. The molecule has 1 aliphatic heterocycles. The fourth-order valence-electron chi connectivity index (χ4n) is 3.32. The average Bonchev–Trinajstić information content (AvgIpc) is 3.42. The van der Waals surface area contributed by atoms with E-state index in [2.05, 4.69) is 38.6 Å². The van der Waals surface area contributed by atoms with E-state index in [1.807, 2.05) is 35.2 Å². The Labute approximate surface area is 184 Å². The predicted octanol–water partition coefficient (Wildman–Crippen LogP) is 2.78. The van der Waals surface area contributed by atoms with E-state index in [1.165, 1.54) is 17.3 Å². The molecular formula is C21H25N5O2S2. The number of thiophene rings is 1. The number of benzene rings is 1. The van der Waals surface area contributed by atoms with Gasteiger partial charge in [-0.2, -0.15) is 0 Å². The molecular weight excluding hydrogens is 418 g/mol. The number of amides is 1. The van der Waals surface area contributed by atoms with Crippen molar-refractivity contribution in [1.82, 2.24) is 25.0 Å². The number of nitrogens with zero attached hydrogens (tertiary/aromatic N) is 4. The van der Waals surface area contributed by atoms with Crippen molar-refractivity contribution < 1.29 is 9.53 Å². The number of aromatic nitrogens is 3. The van der Waals surface area contributed by atoms with Crippen LogP contribution in [0.5, 0.6) is 0 Å². The number of morpholine rings is 1. The first-order valence-corrected chi connectivity index (χ1v) is 11.8. The van der Waals surface area contributed by atoms with Gasteiger partial charge >= 0.3 is 0 Å². The van der Waals surface area contributed by atoms with Gasteiger partial charge in [-0.25, -0.2) is 0 Å². The predicted molar refractivity (Wildman–Crippen MR) is 119 cm³/mol. The Morgan fingerprint density at radius 2 is 1.97 bits per heavy atom. The average molecular weight is 444 g/mol. The highest BCUT2D eigenvalue weighted by molar-refractivity contribution is 7.99. The molecule has 1 aromatic carbocycles. The molecule has 1 N–H and O–H groups in total. The lowest BCUT2D eigenvalue weighted by Gasteiger charge is -2.27. The zero-order valence-corrected chi connectivity index (χ0v) is 18.5. The molecule has 1 fully saturated rings. The van der Waals surface area contributed by atoms with E-state index in [4.69, 9.17) is 4.74 Å². The van der Waals surface area contributed by atoms with Crippen LogP contribution in [0.1, 0.15) is 11.1 Å². The molecule has 30 heavy (non-hydrogen) atoms. The minimum atomic E-state index is -0.0122. The van der Waals surface area contributed by atoms with Gasteiger partial charge in [0.15, 0.2) is 11.0 Å². The summed E-state index contributed by atoms with van der Waals surface area (Å²) in [6.07, 6.45) is 0. The van der Waals surface area contributed by atoms with Gasteiger partial charge in [0.1, 0.15) is 0 Å². The highest BCUT2D eigenvalue weighted by Gasteiger charge is 2.15. The van der Waals surface area contributed by atoms with Gasteiger partial charge in [0, 0.05) is 33.2 Å². The van der Waals surface area contributed by atoms with Gasteiger partial charge in [0.05, 0.1) is 23.8 Å². The van der Waals surface area contributed by atoms with E-state index in [9.17, 15) is 4.79 Å². The number of carbonyl (C=O) groups excluding carboxylic acids is 1. The van der Waals surface area contributed by atoms with Crippen LogP contribution in [0.3, 0.4) is 0 Å². The van der Waals surface area contributed by atoms with Gasteiger partial charge in [-0.05, 0) is 22.6 Å². The van der Waals surface area contributed by atoms with E-state index >= 15 is 0 Å². The van der Waals surface area contributed by atoms with Crippen molar-refractivity contribution in [3.63, 3.8) is 0 Å². The van der Waals surface area contributed by atoms with Gasteiger partial charge in [0.2, 0.25) is 5.91 Å². The van der Waals surface area contributed by atoms with Crippen molar-refractivity contribution in [3.05, 3.63) is 52.9 Å². The lowest BCUT2D eigenvalue weighted by Crippen LogP contribution is -2.36. The van der Waals surface area contributed by atoms with Gasteiger partial charge in [0.25, 0.3) is 0 Å². The molecule has 7 nitrogen and oxygen atoms in total. The summed E-state index contributed by atoms with van der Waals surface area (Å²) < 4.78 is 7.36. The first kappa shape index (κ1) is 21.0. The largest absolute Gasteiger partial charge is 0.379 e. The number of hydrogen-bond acceptors (Lipinski definition) is 7. The second-order valence-electron chi connectivity index (χ2n) is 7.07. The van der Waals surface area contributed by atoms with Gasteiger partial charge in [-0.3, -0.25) is 9.69 Å². The zero-order chi connectivity index (χ0) is 20.8. The molecule has 1 saturated heterocycles. The summed E-state index contributed by atoms with van der Waals surface area (Å²) in [6.45, 7) is 4.87. The fourth-order valence-corrected chi connectivity index (χ4v) is 4.81. The van der Waals surface area contributed by atoms with Crippen LogP contribution in [0.4, 0.5) is 0 Å². The van der Waals surface area contributed by atoms with Gasteiger partial charge < -0.3 is 14.6 Å². The summed E-state index contributed by atoms with van der Waals surface area (Å²) in [6, 6.07) is 12.3. The molecule has 0 saturated carbocycles. The smallest absolute Gasteiger partial charge is 0.230 e. The van der Waals surface area contributed by atoms with E-state index in [1.54, 1.807) is 11.3 Å². The molecule has 1 amide bonds. The van der Waals surface area contributed by atoms with Gasteiger partial charge in [-0.1, -0.05) is 42.1 Å². The Kier molecular flexibility index (Phi) is 7.16. The van der Waals surface area contributed by atoms with Gasteiger partial charge in [-0.15, -0.1) is 21.5 Å². The Balaban J connectivity index is 1.29. The maximum absolute atomic E-state index is 12.4. The quantitative estimate of drug-likeness (QED) is 0.540. The summed E-state index contributed by atoms with van der Waals surface area (Å²) in [7, 11) is 1.93. The Bertz CT molecular complexity index is 968. The molecule has 0 spiro atoms. The summed E-state index contributed by atoms with van der Waals surface area (Å²) >= 11 is 3.03. The monoisotopic (exact) mass is 443 g/mol. The summed E-state index contributed by atoms with van der Waals surface area (Å²) in [5.41, 5.74) is 2.40. The van der Waals surface area contributed by atoms with Crippen molar-refractivity contribution in [2.75, 3.05) is 32.1 Å². The van der Waals surface area contributed by atoms with E-state index < -0.39 is 0 Å². The second-order valence-corrected chi connectivity index (χ2v) is 8.96. The van der Waals surface area contributed by atoms with Crippen LogP contribution in [0.25, 0.3) is 10.7 Å². The number of hydrogen-bond donors (Lipinski definition) is 1. The third-order valence-corrected chi connectivity index (χ3v) is 6.89. The van der Waals surface area contributed by atoms with E-state index in [0.717, 1.165) is 54.3 Å². The normalized spacial score (nSPS) is 14.7. The molecule has 9 heteroatoms. The van der Waals surface area contributed by atoms with Crippen molar-refractivity contribution in [2.24, 2.45) is 7.05 Å².